The van der Waals surface area contributed by atoms with Crippen LogP contribution in [0.3, 0.4) is 0 Å². The number of ether oxygens (including phenoxy) is 1. The summed E-state index contributed by atoms with van der Waals surface area (Å²) in [5.74, 6) is -1.05. The first kappa shape index (κ1) is 33.0. The predicted molar refractivity (Wildman–Crippen MR) is 170 cm³/mol. The number of likely N-dealkylation sites (tertiary alicyclic amines) is 1. The second-order valence-electron chi connectivity index (χ2n) is 13.6. The molecule has 5 heterocycles. The van der Waals surface area contributed by atoms with Gasteiger partial charge in [0.15, 0.2) is 17.3 Å². The fourth-order valence-electron chi connectivity index (χ4n) is 8.67. The zero-order valence-corrected chi connectivity index (χ0v) is 26.9. The minimum Gasteiger partial charge on any atom is -0.381 e. The Morgan fingerprint density at radius 3 is 2.28 bits per heavy atom. The van der Waals surface area contributed by atoms with Gasteiger partial charge in [0.1, 0.15) is 11.7 Å². The van der Waals surface area contributed by atoms with E-state index in [2.05, 4.69) is 25.6 Å². The summed E-state index contributed by atoms with van der Waals surface area (Å²) in [6.45, 7) is 4.14. The Bertz CT molecular complexity index is 1330. The van der Waals surface area contributed by atoms with Crippen molar-refractivity contribution < 1.29 is 23.1 Å². The molecule has 0 radical (unpaired) electrons. The normalized spacial score (nSPS) is 28.5. The quantitative estimate of drug-likeness (QED) is 0.452. The molecule has 13 heteroatoms. The van der Waals surface area contributed by atoms with E-state index in [0.717, 1.165) is 50.9 Å². The largest absolute Gasteiger partial charge is 0.381 e. The fourth-order valence-corrected chi connectivity index (χ4v) is 8.67. The van der Waals surface area contributed by atoms with Crippen molar-refractivity contribution in [1.29, 1.82) is 0 Å². The van der Waals surface area contributed by atoms with Crippen LogP contribution < -0.4 is 16.4 Å². The maximum atomic E-state index is 17.1. The second-order valence-corrected chi connectivity index (χ2v) is 13.6. The molecule has 0 aromatic carbocycles. The highest BCUT2D eigenvalue weighted by Gasteiger charge is 2.58. The molecule has 4 N–H and O–H groups in total. The summed E-state index contributed by atoms with van der Waals surface area (Å²) >= 11 is 0. The number of carbonyl (C=O) groups excluding carboxylic acids is 2. The maximum Gasteiger partial charge on any atom is 0.259 e. The number of alkyl halides is 1. The SMILES string of the molecule is Nc1nn2cc(F)cnc2c1C(=O)NC1CNCC(F)C1(C1CCCCCCCCCC1)N1CCC(C(=O)N2CCOCC2)CC1. The van der Waals surface area contributed by atoms with Crippen molar-refractivity contribution in [2.24, 2.45) is 11.8 Å². The number of fused-ring (bicyclic) bond motifs is 1. The van der Waals surface area contributed by atoms with E-state index < -0.39 is 29.5 Å². The Labute approximate surface area is 270 Å². The highest BCUT2D eigenvalue weighted by molar-refractivity contribution is 6.04. The number of amides is 2. The molecular formula is C33H50F2N8O3. The number of nitrogen functional groups attached to an aromatic ring is 1. The first-order chi connectivity index (χ1) is 22.4. The lowest BCUT2D eigenvalue weighted by molar-refractivity contribution is -0.144. The summed E-state index contributed by atoms with van der Waals surface area (Å²) < 4.78 is 37.6. The van der Waals surface area contributed by atoms with Crippen LogP contribution in [0.2, 0.25) is 0 Å². The standard InChI is InChI=1S/C33H50F2N8O3/c34-25-19-38-30-28(29(36)40-43(30)22-25)31(44)39-27-21-37-20-26(35)33(27,24-9-7-5-3-1-2-4-6-8-10-24)42-13-11-23(12-14-42)32(45)41-15-17-46-18-16-41/h19,22-24,26-27,37H,1-18,20-21H2,(H2,36,40)(H,39,44). The topological polar surface area (TPSA) is 130 Å². The van der Waals surface area contributed by atoms with E-state index in [1.807, 2.05) is 4.90 Å². The van der Waals surface area contributed by atoms with Crippen molar-refractivity contribution in [2.45, 2.75) is 94.8 Å². The number of aromatic nitrogens is 3. The van der Waals surface area contributed by atoms with Crippen LogP contribution >= 0.6 is 0 Å². The van der Waals surface area contributed by atoms with Crippen molar-refractivity contribution in [3.05, 3.63) is 23.8 Å². The number of carbonyl (C=O) groups is 2. The summed E-state index contributed by atoms with van der Waals surface area (Å²) in [4.78, 5) is 35.8. The van der Waals surface area contributed by atoms with Gasteiger partial charge in [-0.05, 0) is 44.7 Å². The van der Waals surface area contributed by atoms with E-state index in [9.17, 15) is 14.0 Å². The minimum atomic E-state index is -1.23. The molecule has 0 bridgehead atoms. The van der Waals surface area contributed by atoms with Crippen LogP contribution in [-0.4, -0.2) is 106 Å². The summed E-state index contributed by atoms with van der Waals surface area (Å²) in [7, 11) is 0. The summed E-state index contributed by atoms with van der Waals surface area (Å²) in [5.41, 5.74) is 5.44. The van der Waals surface area contributed by atoms with Crippen molar-refractivity contribution in [1.82, 2.24) is 35.0 Å². The number of nitrogens with two attached hydrogens (primary N) is 1. The van der Waals surface area contributed by atoms with Crippen LogP contribution in [0, 0.1) is 17.7 Å². The lowest BCUT2D eigenvalue weighted by Gasteiger charge is -2.58. The van der Waals surface area contributed by atoms with E-state index in [-0.39, 0.29) is 41.3 Å². The van der Waals surface area contributed by atoms with Crippen LogP contribution in [-0.2, 0) is 9.53 Å². The number of nitrogens with zero attached hydrogens (tertiary/aromatic N) is 5. The number of nitrogens with one attached hydrogen (secondary N) is 2. The van der Waals surface area contributed by atoms with E-state index in [1.165, 1.54) is 30.2 Å². The van der Waals surface area contributed by atoms with Gasteiger partial charge in [-0.1, -0.05) is 51.4 Å². The molecule has 3 saturated heterocycles. The van der Waals surface area contributed by atoms with Crippen LogP contribution in [0.5, 0.6) is 0 Å². The van der Waals surface area contributed by atoms with Crippen molar-refractivity contribution >= 4 is 23.3 Å². The average Bonchev–Trinajstić information content (AvgIpc) is 3.36. The summed E-state index contributed by atoms with van der Waals surface area (Å²) in [6, 6.07) is -0.569. The van der Waals surface area contributed by atoms with Crippen LogP contribution in [0.4, 0.5) is 14.6 Å². The Morgan fingerprint density at radius 1 is 0.957 bits per heavy atom. The van der Waals surface area contributed by atoms with Gasteiger partial charge in [-0.25, -0.2) is 18.3 Å². The van der Waals surface area contributed by atoms with Gasteiger partial charge < -0.3 is 26.0 Å². The highest BCUT2D eigenvalue weighted by atomic mass is 19.1. The fraction of sp³-hybridized carbons (Fsp3) is 0.758. The van der Waals surface area contributed by atoms with Crippen LogP contribution in [0.25, 0.3) is 5.65 Å². The molecule has 3 atom stereocenters. The van der Waals surface area contributed by atoms with Crippen LogP contribution in [0.15, 0.2) is 12.4 Å². The van der Waals surface area contributed by atoms with E-state index in [1.54, 1.807) is 0 Å². The van der Waals surface area contributed by atoms with Gasteiger partial charge in [-0.3, -0.25) is 14.5 Å². The summed E-state index contributed by atoms with van der Waals surface area (Å²) in [6.07, 6.45) is 13.2. The lowest BCUT2D eigenvalue weighted by Crippen LogP contribution is -2.77. The second kappa shape index (κ2) is 14.9. The first-order valence-electron chi connectivity index (χ1n) is 17.5. The third-order valence-electron chi connectivity index (χ3n) is 11.0. The van der Waals surface area contributed by atoms with Gasteiger partial charge in [0.25, 0.3) is 5.91 Å². The van der Waals surface area contributed by atoms with Gasteiger partial charge in [0, 0.05) is 32.1 Å². The monoisotopic (exact) mass is 644 g/mol. The zero-order chi connectivity index (χ0) is 32.1. The molecule has 11 nitrogen and oxygen atoms in total. The molecule has 2 aromatic heterocycles. The lowest BCUT2D eigenvalue weighted by atomic mass is 9.66. The molecule has 3 aliphatic heterocycles. The maximum absolute atomic E-state index is 17.1. The van der Waals surface area contributed by atoms with Crippen LogP contribution in [0.1, 0.15) is 87.4 Å². The third-order valence-corrected chi connectivity index (χ3v) is 11.0. The van der Waals surface area contributed by atoms with Crippen molar-refractivity contribution in [3.8, 4) is 0 Å². The van der Waals surface area contributed by atoms with Crippen molar-refractivity contribution in [3.63, 3.8) is 0 Å². The number of morpholine rings is 1. The Hall–Kier alpha value is -2.90. The smallest absolute Gasteiger partial charge is 0.259 e. The van der Waals surface area contributed by atoms with Crippen molar-refractivity contribution in [2.75, 3.05) is 58.2 Å². The van der Waals surface area contributed by atoms with Gasteiger partial charge >= 0.3 is 0 Å². The molecule has 2 amide bonds. The zero-order valence-electron chi connectivity index (χ0n) is 26.9. The number of hydrogen-bond donors (Lipinski definition) is 3. The molecule has 4 aliphatic rings. The molecular weight excluding hydrogens is 594 g/mol. The molecule has 1 saturated carbocycles. The van der Waals surface area contributed by atoms with E-state index in [0.29, 0.717) is 58.8 Å². The van der Waals surface area contributed by atoms with Gasteiger partial charge in [0.05, 0.1) is 37.2 Å². The molecule has 46 heavy (non-hydrogen) atoms. The molecule has 0 spiro atoms. The molecule has 1 aliphatic carbocycles. The van der Waals surface area contributed by atoms with Gasteiger partial charge in [-0.2, -0.15) is 0 Å². The number of rotatable bonds is 5. The van der Waals surface area contributed by atoms with E-state index in [4.69, 9.17) is 10.5 Å². The minimum absolute atomic E-state index is 0.0213. The number of hydrogen-bond acceptors (Lipinski definition) is 8. The molecule has 254 valence electrons. The number of anilines is 1. The van der Waals surface area contributed by atoms with E-state index >= 15 is 4.39 Å². The molecule has 2 aromatic rings. The average molecular weight is 645 g/mol. The summed E-state index contributed by atoms with van der Waals surface area (Å²) in [5, 5.41) is 10.6. The Kier molecular flexibility index (Phi) is 10.7. The van der Waals surface area contributed by atoms with Gasteiger partial charge in [0.2, 0.25) is 5.91 Å². The third kappa shape index (κ3) is 6.73. The Morgan fingerprint density at radius 2 is 1.61 bits per heavy atom. The number of piperidine rings is 2. The predicted octanol–water partition coefficient (Wildman–Crippen LogP) is 3.33. The first-order valence-corrected chi connectivity index (χ1v) is 17.5. The molecule has 6 rings (SSSR count). The highest BCUT2D eigenvalue weighted by Crippen LogP contribution is 2.44. The molecule has 4 fully saturated rings. The Balaban J connectivity index is 1.31. The number of halogens is 2. The van der Waals surface area contributed by atoms with Gasteiger partial charge in [-0.15, -0.1) is 5.10 Å². The molecule has 3 unspecified atom stereocenters.